The van der Waals surface area contributed by atoms with Gasteiger partial charge in [0, 0.05) is 6.54 Å². The maximum atomic E-state index is 12.7. The minimum absolute atomic E-state index is 0.138. The van der Waals surface area contributed by atoms with Gasteiger partial charge in [0.15, 0.2) is 0 Å². The van der Waals surface area contributed by atoms with Crippen LogP contribution in [0.1, 0.15) is 32.1 Å². The molecular formula is C17H26N6O9. The summed E-state index contributed by atoms with van der Waals surface area (Å²) in [5.41, 5.74) is 15.6. The zero-order valence-electron chi connectivity index (χ0n) is 17.0. The van der Waals surface area contributed by atoms with Crippen molar-refractivity contribution in [3.8, 4) is 0 Å². The smallest absolute Gasteiger partial charge is 0.326 e. The predicted octanol–water partition coefficient (Wildman–Crippen LogP) is -4.42. The molecule has 178 valence electrons. The van der Waals surface area contributed by atoms with E-state index in [1.165, 1.54) is 0 Å². The lowest BCUT2D eigenvalue weighted by Gasteiger charge is -2.28. The number of nitrogens with zero attached hydrogens (tertiary/aromatic N) is 1. The zero-order valence-corrected chi connectivity index (χ0v) is 17.0. The second-order valence-electron chi connectivity index (χ2n) is 7.20. The monoisotopic (exact) mass is 458 g/mol. The molecule has 0 spiro atoms. The highest BCUT2D eigenvalue weighted by atomic mass is 16.4. The van der Waals surface area contributed by atoms with Gasteiger partial charge in [0.2, 0.25) is 29.5 Å². The number of amides is 5. The Morgan fingerprint density at radius 1 is 0.906 bits per heavy atom. The molecule has 0 aromatic carbocycles. The van der Waals surface area contributed by atoms with Gasteiger partial charge in [0.25, 0.3) is 0 Å². The zero-order chi connectivity index (χ0) is 24.6. The Kier molecular flexibility index (Phi) is 9.52. The predicted molar refractivity (Wildman–Crippen MR) is 104 cm³/mol. The highest BCUT2D eigenvalue weighted by Gasteiger charge is 2.38. The standard InChI is InChI=1S/C17H26N6O9/c18-7(4-11(19)24)16(30)23-3-1-2-10(23)15(29)21-8(6-13(26)27)14(28)22-9(17(31)32)5-12(20)25/h7-10H,1-6,18H2,(H2,19,24)(H2,20,25)(H,21,29)(H,22,28)(H,26,27)(H,31,32). The maximum absolute atomic E-state index is 12.7. The van der Waals surface area contributed by atoms with E-state index in [9.17, 15) is 33.6 Å². The van der Waals surface area contributed by atoms with Crippen LogP contribution in [-0.4, -0.2) is 87.3 Å². The van der Waals surface area contributed by atoms with E-state index in [1.807, 2.05) is 5.32 Å². The molecule has 0 aromatic heterocycles. The van der Waals surface area contributed by atoms with Crippen molar-refractivity contribution >= 4 is 41.5 Å². The first-order valence-corrected chi connectivity index (χ1v) is 9.51. The quantitative estimate of drug-likeness (QED) is 0.147. The molecule has 0 aliphatic carbocycles. The largest absolute Gasteiger partial charge is 0.481 e. The van der Waals surface area contributed by atoms with Crippen LogP contribution >= 0.6 is 0 Å². The van der Waals surface area contributed by atoms with Gasteiger partial charge in [-0.15, -0.1) is 0 Å². The van der Waals surface area contributed by atoms with Crippen molar-refractivity contribution in [2.24, 2.45) is 17.2 Å². The second kappa shape index (κ2) is 11.6. The van der Waals surface area contributed by atoms with Crippen LogP contribution in [0, 0.1) is 0 Å². The summed E-state index contributed by atoms with van der Waals surface area (Å²) in [6.07, 6.45) is -1.51. The number of nitrogens with one attached hydrogen (secondary N) is 2. The molecule has 0 aromatic rings. The molecule has 10 N–H and O–H groups in total. The Bertz CT molecular complexity index is 801. The van der Waals surface area contributed by atoms with Crippen LogP contribution in [0.15, 0.2) is 0 Å². The molecule has 1 aliphatic rings. The Labute approximate surface area is 181 Å². The average Bonchev–Trinajstić information content (AvgIpc) is 3.14. The number of hydrogen-bond donors (Lipinski definition) is 7. The molecule has 4 unspecified atom stereocenters. The molecule has 0 radical (unpaired) electrons. The van der Waals surface area contributed by atoms with Gasteiger partial charge in [-0.1, -0.05) is 0 Å². The third-order valence-electron chi connectivity index (χ3n) is 4.61. The maximum Gasteiger partial charge on any atom is 0.326 e. The van der Waals surface area contributed by atoms with Crippen LogP contribution in [0.2, 0.25) is 0 Å². The van der Waals surface area contributed by atoms with Crippen LogP contribution in [-0.2, 0) is 33.6 Å². The van der Waals surface area contributed by atoms with Crippen molar-refractivity contribution in [3.63, 3.8) is 0 Å². The molecule has 15 heteroatoms. The summed E-state index contributed by atoms with van der Waals surface area (Å²) in [5.74, 6) is -7.66. The number of hydrogen-bond acceptors (Lipinski definition) is 8. The van der Waals surface area contributed by atoms with Gasteiger partial charge >= 0.3 is 11.9 Å². The molecule has 5 amide bonds. The van der Waals surface area contributed by atoms with Gasteiger partial charge in [-0.05, 0) is 12.8 Å². The molecule has 32 heavy (non-hydrogen) atoms. The molecule has 15 nitrogen and oxygen atoms in total. The fraction of sp³-hybridized carbons (Fsp3) is 0.588. The lowest BCUT2D eigenvalue weighted by molar-refractivity contribution is -0.145. The molecular weight excluding hydrogens is 432 g/mol. The molecule has 0 bridgehead atoms. The number of nitrogens with two attached hydrogens (primary N) is 3. The first-order valence-electron chi connectivity index (χ1n) is 9.51. The summed E-state index contributed by atoms with van der Waals surface area (Å²) >= 11 is 0. The fourth-order valence-corrected chi connectivity index (χ4v) is 3.15. The number of carboxylic acid groups (broad SMARTS) is 2. The van der Waals surface area contributed by atoms with Crippen molar-refractivity contribution in [3.05, 3.63) is 0 Å². The SMILES string of the molecule is NC(=O)CC(N)C(=O)N1CCCC1C(=O)NC(CC(=O)O)C(=O)NC(CC(N)=O)C(=O)O. The Balaban J connectivity index is 2.94. The summed E-state index contributed by atoms with van der Waals surface area (Å²) < 4.78 is 0. The van der Waals surface area contributed by atoms with Crippen molar-refractivity contribution in [1.29, 1.82) is 0 Å². The molecule has 1 rings (SSSR count). The molecule has 4 atom stereocenters. The van der Waals surface area contributed by atoms with Crippen LogP contribution in [0.5, 0.6) is 0 Å². The van der Waals surface area contributed by atoms with Crippen molar-refractivity contribution in [1.82, 2.24) is 15.5 Å². The van der Waals surface area contributed by atoms with E-state index in [0.717, 1.165) is 4.90 Å². The summed E-state index contributed by atoms with van der Waals surface area (Å²) in [6.45, 7) is 0.138. The van der Waals surface area contributed by atoms with Gasteiger partial charge in [-0.2, -0.15) is 0 Å². The lowest BCUT2D eigenvalue weighted by atomic mass is 10.1. The topological polar surface area (TPSA) is 265 Å². The molecule has 1 heterocycles. The number of rotatable bonds is 12. The molecule has 1 aliphatic heterocycles. The first kappa shape index (κ1) is 26.3. The third kappa shape index (κ3) is 7.82. The fourth-order valence-electron chi connectivity index (χ4n) is 3.15. The number of carbonyl (C=O) groups excluding carboxylic acids is 5. The van der Waals surface area contributed by atoms with Crippen molar-refractivity contribution < 1.29 is 43.8 Å². The van der Waals surface area contributed by atoms with Crippen LogP contribution in [0.4, 0.5) is 0 Å². The number of likely N-dealkylation sites (tertiary alicyclic amines) is 1. The summed E-state index contributed by atoms with van der Waals surface area (Å²) in [4.78, 5) is 83.0. The first-order chi connectivity index (χ1) is 14.8. The van der Waals surface area contributed by atoms with E-state index in [-0.39, 0.29) is 13.0 Å². The van der Waals surface area contributed by atoms with E-state index in [4.69, 9.17) is 27.4 Å². The van der Waals surface area contributed by atoms with Gasteiger partial charge in [0.05, 0.1) is 25.3 Å². The molecule has 1 saturated heterocycles. The molecule has 1 fully saturated rings. The van der Waals surface area contributed by atoms with Crippen LogP contribution in [0.3, 0.4) is 0 Å². The van der Waals surface area contributed by atoms with Gasteiger partial charge in [0.1, 0.15) is 18.1 Å². The average molecular weight is 458 g/mol. The van der Waals surface area contributed by atoms with E-state index in [0.29, 0.717) is 6.42 Å². The Hall–Kier alpha value is -3.75. The van der Waals surface area contributed by atoms with E-state index in [1.54, 1.807) is 0 Å². The van der Waals surface area contributed by atoms with E-state index in [2.05, 4.69) is 5.32 Å². The van der Waals surface area contributed by atoms with Gasteiger partial charge < -0.3 is 42.9 Å². The van der Waals surface area contributed by atoms with E-state index < -0.39 is 84.9 Å². The molecule has 0 saturated carbocycles. The van der Waals surface area contributed by atoms with Crippen LogP contribution in [0.25, 0.3) is 0 Å². The Morgan fingerprint density at radius 3 is 2.00 bits per heavy atom. The van der Waals surface area contributed by atoms with Gasteiger partial charge in [-0.3, -0.25) is 28.8 Å². The number of carbonyl (C=O) groups is 7. The van der Waals surface area contributed by atoms with Crippen LogP contribution < -0.4 is 27.8 Å². The summed E-state index contributed by atoms with van der Waals surface area (Å²) in [5, 5.41) is 22.3. The summed E-state index contributed by atoms with van der Waals surface area (Å²) in [7, 11) is 0. The highest BCUT2D eigenvalue weighted by molar-refractivity contribution is 5.97. The Morgan fingerprint density at radius 2 is 1.50 bits per heavy atom. The number of carboxylic acids is 2. The van der Waals surface area contributed by atoms with Crippen molar-refractivity contribution in [2.45, 2.75) is 56.3 Å². The number of aliphatic carboxylic acids is 2. The van der Waals surface area contributed by atoms with Gasteiger partial charge in [-0.25, -0.2) is 4.79 Å². The summed E-state index contributed by atoms with van der Waals surface area (Å²) in [6, 6.07) is -5.80. The third-order valence-corrected chi connectivity index (χ3v) is 4.61. The minimum atomic E-state index is -1.73. The van der Waals surface area contributed by atoms with Crippen molar-refractivity contribution in [2.75, 3.05) is 6.54 Å². The minimum Gasteiger partial charge on any atom is -0.481 e. The lowest BCUT2D eigenvalue weighted by Crippen LogP contribution is -2.57. The highest BCUT2D eigenvalue weighted by Crippen LogP contribution is 2.19. The second-order valence-corrected chi connectivity index (χ2v) is 7.20. The van der Waals surface area contributed by atoms with E-state index >= 15 is 0 Å². The normalized spacial score (nSPS) is 18.2. The number of primary amides is 2.